The summed E-state index contributed by atoms with van der Waals surface area (Å²) in [7, 11) is 0. The van der Waals surface area contributed by atoms with Gasteiger partial charge in [-0.3, -0.25) is 4.79 Å². The van der Waals surface area contributed by atoms with Crippen molar-refractivity contribution < 1.29 is 4.79 Å². The highest BCUT2D eigenvalue weighted by atomic mass is 16.1. The Bertz CT molecular complexity index is 560. The molecular weight excluding hydrogens is 270 g/mol. The van der Waals surface area contributed by atoms with Crippen LogP contribution in [0.2, 0.25) is 0 Å². The third kappa shape index (κ3) is 6.13. The number of hydrogen-bond donors (Lipinski definition) is 1. The van der Waals surface area contributed by atoms with E-state index < -0.39 is 0 Å². The number of hydrogen-bond acceptors (Lipinski definition) is 1. The molecule has 0 bridgehead atoms. The Kier molecular flexibility index (Phi) is 6.69. The SMILES string of the molecule is Cc1ccc(CCC(=O)NCCCCc2ccccc2)cc1. The molecule has 2 aromatic carbocycles. The molecule has 0 saturated carbocycles. The van der Waals surface area contributed by atoms with Crippen LogP contribution in [-0.4, -0.2) is 12.5 Å². The molecule has 0 saturated heterocycles. The van der Waals surface area contributed by atoms with Crippen LogP contribution in [0.15, 0.2) is 54.6 Å². The van der Waals surface area contributed by atoms with Gasteiger partial charge >= 0.3 is 0 Å². The maximum Gasteiger partial charge on any atom is 0.220 e. The lowest BCUT2D eigenvalue weighted by atomic mass is 10.1. The normalized spacial score (nSPS) is 10.4. The van der Waals surface area contributed by atoms with Crippen LogP contribution >= 0.6 is 0 Å². The Hall–Kier alpha value is -2.09. The average molecular weight is 295 g/mol. The van der Waals surface area contributed by atoms with Crippen LogP contribution in [0.3, 0.4) is 0 Å². The molecule has 0 atom stereocenters. The minimum Gasteiger partial charge on any atom is -0.356 e. The first-order valence-corrected chi connectivity index (χ1v) is 8.10. The first-order valence-electron chi connectivity index (χ1n) is 8.10. The van der Waals surface area contributed by atoms with Crippen molar-refractivity contribution in [2.45, 2.75) is 39.0 Å². The van der Waals surface area contributed by atoms with Crippen molar-refractivity contribution in [1.82, 2.24) is 5.32 Å². The van der Waals surface area contributed by atoms with Gasteiger partial charge in [-0.1, -0.05) is 60.2 Å². The summed E-state index contributed by atoms with van der Waals surface area (Å²) in [6.45, 7) is 2.85. The summed E-state index contributed by atoms with van der Waals surface area (Å²) >= 11 is 0. The second-order valence-electron chi connectivity index (χ2n) is 5.78. The fourth-order valence-corrected chi connectivity index (χ4v) is 2.43. The lowest BCUT2D eigenvalue weighted by molar-refractivity contribution is -0.121. The molecule has 2 heteroatoms. The van der Waals surface area contributed by atoms with Crippen molar-refractivity contribution in [2.24, 2.45) is 0 Å². The number of amides is 1. The topological polar surface area (TPSA) is 29.1 Å². The van der Waals surface area contributed by atoms with Gasteiger partial charge in [0.2, 0.25) is 5.91 Å². The summed E-state index contributed by atoms with van der Waals surface area (Å²) in [5.74, 6) is 0.153. The molecule has 2 aromatic rings. The van der Waals surface area contributed by atoms with E-state index >= 15 is 0 Å². The number of rotatable bonds is 8. The standard InChI is InChI=1S/C20H25NO/c1-17-10-12-19(13-11-17)14-15-20(22)21-16-6-5-9-18-7-3-2-4-8-18/h2-4,7-8,10-13H,5-6,9,14-16H2,1H3,(H,21,22). The van der Waals surface area contributed by atoms with Gasteiger partial charge in [-0.15, -0.1) is 0 Å². The van der Waals surface area contributed by atoms with E-state index in [-0.39, 0.29) is 5.91 Å². The third-order valence-electron chi connectivity index (χ3n) is 3.82. The highest BCUT2D eigenvalue weighted by molar-refractivity contribution is 5.76. The Morgan fingerprint density at radius 3 is 2.27 bits per heavy atom. The van der Waals surface area contributed by atoms with Crippen LogP contribution in [0.25, 0.3) is 0 Å². The molecule has 0 heterocycles. The predicted molar refractivity (Wildman–Crippen MR) is 91.9 cm³/mol. The average Bonchev–Trinajstić information content (AvgIpc) is 2.55. The van der Waals surface area contributed by atoms with Crippen LogP contribution in [0.5, 0.6) is 0 Å². The van der Waals surface area contributed by atoms with Gasteiger partial charge in [0.1, 0.15) is 0 Å². The summed E-state index contributed by atoms with van der Waals surface area (Å²) in [4.78, 5) is 11.8. The molecular formula is C20H25NO. The predicted octanol–water partition coefficient (Wildman–Crippen LogP) is 4.07. The van der Waals surface area contributed by atoms with E-state index in [1.165, 1.54) is 16.7 Å². The largest absolute Gasteiger partial charge is 0.356 e. The van der Waals surface area contributed by atoms with Crippen LogP contribution in [0, 0.1) is 6.92 Å². The molecule has 0 aromatic heterocycles. The van der Waals surface area contributed by atoms with Gasteiger partial charge in [0.05, 0.1) is 0 Å². The molecule has 22 heavy (non-hydrogen) atoms. The maximum atomic E-state index is 11.8. The summed E-state index contributed by atoms with van der Waals surface area (Å²) < 4.78 is 0. The molecule has 1 N–H and O–H groups in total. The molecule has 0 fully saturated rings. The summed E-state index contributed by atoms with van der Waals surface area (Å²) in [6, 6.07) is 18.9. The van der Waals surface area contributed by atoms with E-state index in [9.17, 15) is 4.79 Å². The molecule has 116 valence electrons. The van der Waals surface area contributed by atoms with Crippen LogP contribution in [0.4, 0.5) is 0 Å². The van der Waals surface area contributed by atoms with E-state index in [4.69, 9.17) is 0 Å². The number of benzene rings is 2. The van der Waals surface area contributed by atoms with Gasteiger partial charge in [-0.25, -0.2) is 0 Å². The Morgan fingerprint density at radius 2 is 1.55 bits per heavy atom. The van der Waals surface area contributed by atoms with E-state index in [1.54, 1.807) is 0 Å². The van der Waals surface area contributed by atoms with Gasteiger partial charge in [0.15, 0.2) is 0 Å². The molecule has 1 amide bonds. The molecule has 0 aliphatic carbocycles. The summed E-state index contributed by atoms with van der Waals surface area (Å²) in [5, 5.41) is 3.01. The minimum absolute atomic E-state index is 0.153. The van der Waals surface area contributed by atoms with Crippen LogP contribution in [0.1, 0.15) is 36.0 Å². The van der Waals surface area contributed by atoms with Gasteiger partial charge in [-0.05, 0) is 43.7 Å². The van der Waals surface area contributed by atoms with E-state index in [0.717, 1.165) is 32.2 Å². The third-order valence-corrected chi connectivity index (χ3v) is 3.82. The van der Waals surface area contributed by atoms with Crippen molar-refractivity contribution in [3.05, 3.63) is 71.3 Å². The van der Waals surface area contributed by atoms with Crippen molar-refractivity contribution in [1.29, 1.82) is 0 Å². The van der Waals surface area contributed by atoms with Crippen molar-refractivity contribution in [3.8, 4) is 0 Å². The highest BCUT2D eigenvalue weighted by Gasteiger charge is 2.01. The zero-order chi connectivity index (χ0) is 15.6. The second-order valence-corrected chi connectivity index (χ2v) is 5.78. The monoisotopic (exact) mass is 295 g/mol. The second kappa shape index (κ2) is 9.04. The number of carbonyl (C=O) groups excluding carboxylic acids is 1. The van der Waals surface area contributed by atoms with E-state index in [1.807, 2.05) is 6.07 Å². The first-order chi connectivity index (χ1) is 10.7. The van der Waals surface area contributed by atoms with Crippen molar-refractivity contribution in [2.75, 3.05) is 6.54 Å². The van der Waals surface area contributed by atoms with E-state index in [2.05, 4.69) is 60.8 Å². The Labute approximate surface area is 133 Å². The van der Waals surface area contributed by atoms with Gasteiger partial charge < -0.3 is 5.32 Å². The number of nitrogens with one attached hydrogen (secondary N) is 1. The Balaban J connectivity index is 1.55. The molecule has 0 aliphatic rings. The number of aryl methyl sites for hydroxylation is 3. The fourth-order valence-electron chi connectivity index (χ4n) is 2.43. The zero-order valence-electron chi connectivity index (χ0n) is 13.3. The lowest BCUT2D eigenvalue weighted by Gasteiger charge is -2.06. The van der Waals surface area contributed by atoms with Gasteiger partial charge in [0.25, 0.3) is 0 Å². The summed E-state index contributed by atoms with van der Waals surface area (Å²) in [6.07, 6.45) is 4.62. The number of carbonyl (C=O) groups is 1. The van der Waals surface area contributed by atoms with Crippen molar-refractivity contribution >= 4 is 5.91 Å². The van der Waals surface area contributed by atoms with Crippen molar-refractivity contribution in [3.63, 3.8) is 0 Å². The van der Waals surface area contributed by atoms with E-state index in [0.29, 0.717) is 6.42 Å². The lowest BCUT2D eigenvalue weighted by Crippen LogP contribution is -2.24. The van der Waals surface area contributed by atoms with Crippen LogP contribution < -0.4 is 5.32 Å². The molecule has 2 nitrogen and oxygen atoms in total. The minimum atomic E-state index is 0.153. The highest BCUT2D eigenvalue weighted by Crippen LogP contribution is 2.06. The van der Waals surface area contributed by atoms with Gasteiger partial charge in [-0.2, -0.15) is 0 Å². The van der Waals surface area contributed by atoms with Crippen LogP contribution in [-0.2, 0) is 17.6 Å². The fraction of sp³-hybridized carbons (Fsp3) is 0.350. The molecule has 2 rings (SSSR count). The molecule has 0 spiro atoms. The maximum absolute atomic E-state index is 11.8. The van der Waals surface area contributed by atoms with Gasteiger partial charge in [0, 0.05) is 13.0 Å². The summed E-state index contributed by atoms with van der Waals surface area (Å²) in [5.41, 5.74) is 3.85. The molecule has 0 aliphatic heterocycles. The Morgan fingerprint density at radius 1 is 0.864 bits per heavy atom. The first kappa shape index (κ1) is 16.3. The zero-order valence-corrected chi connectivity index (χ0v) is 13.3. The quantitative estimate of drug-likeness (QED) is 0.731. The molecule has 0 unspecified atom stereocenters. The molecule has 0 radical (unpaired) electrons. The number of unbranched alkanes of at least 4 members (excludes halogenated alkanes) is 1. The smallest absolute Gasteiger partial charge is 0.220 e.